The van der Waals surface area contributed by atoms with Gasteiger partial charge in [-0.3, -0.25) is 5.01 Å². The predicted molar refractivity (Wildman–Crippen MR) is 83.4 cm³/mol. The van der Waals surface area contributed by atoms with Crippen molar-refractivity contribution in [1.82, 2.24) is 0 Å². The lowest BCUT2D eigenvalue weighted by molar-refractivity contribution is 0.0697. The Morgan fingerprint density at radius 3 is 2.52 bits per heavy atom. The zero-order valence-corrected chi connectivity index (χ0v) is 11.9. The van der Waals surface area contributed by atoms with E-state index in [9.17, 15) is 4.79 Å². The van der Waals surface area contributed by atoms with Gasteiger partial charge in [0.25, 0.3) is 0 Å². The lowest BCUT2D eigenvalue weighted by Gasteiger charge is -2.13. The van der Waals surface area contributed by atoms with Gasteiger partial charge in [-0.05, 0) is 30.3 Å². The Morgan fingerprint density at radius 2 is 1.86 bits per heavy atom. The summed E-state index contributed by atoms with van der Waals surface area (Å²) in [4.78, 5) is 10.9. The number of carboxylic acid groups (broad SMARTS) is 1. The minimum Gasteiger partial charge on any atom is -0.478 e. The zero-order chi connectivity index (χ0) is 14.8. The van der Waals surface area contributed by atoms with Gasteiger partial charge in [-0.1, -0.05) is 29.8 Å². The minimum atomic E-state index is -0.928. The van der Waals surface area contributed by atoms with Crippen LogP contribution in [0.5, 0.6) is 0 Å². The number of halogens is 1. The summed E-state index contributed by atoms with van der Waals surface area (Å²) in [6.07, 6.45) is 0.810. The molecule has 0 amide bonds. The number of hydrazone groups is 1. The molecule has 106 valence electrons. The SMILES string of the molecule is O=C(O)c1ccc(N2CCC(c3ccccc3Cl)=N2)cc1. The quantitative estimate of drug-likeness (QED) is 0.941. The maximum Gasteiger partial charge on any atom is 0.335 e. The first-order valence-electron chi connectivity index (χ1n) is 6.58. The van der Waals surface area contributed by atoms with Crippen molar-refractivity contribution in [3.8, 4) is 0 Å². The topological polar surface area (TPSA) is 52.9 Å². The average Bonchev–Trinajstić information content (AvgIpc) is 2.97. The molecule has 1 aliphatic rings. The minimum absolute atomic E-state index is 0.272. The Balaban J connectivity index is 1.86. The Bertz CT molecular complexity index is 710. The number of carboxylic acids is 1. The van der Waals surface area contributed by atoms with Crippen LogP contribution in [0.25, 0.3) is 0 Å². The molecule has 0 atom stereocenters. The summed E-state index contributed by atoms with van der Waals surface area (Å²) in [7, 11) is 0. The van der Waals surface area contributed by atoms with Crippen molar-refractivity contribution in [3.63, 3.8) is 0 Å². The summed E-state index contributed by atoms with van der Waals surface area (Å²) in [5, 5.41) is 16.0. The van der Waals surface area contributed by atoms with E-state index < -0.39 is 5.97 Å². The molecule has 5 heteroatoms. The van der Waals surface area contributed by atoms with Crippen LogP contribution < -0.4 is 5.01 Å². The Kier molecular flexibility index (Phi) is 3.62. The van der Waals surface area contributed by atoms with Crippen LogP contribution in [0.1, 0.15) is 22.3 Å². The van der Waals surface area contributed by atoms with E-state index in [0.29, 0.717) is 5.02 Å². The molecule has 0 saturated carbocycles. The predicted octanol–water partition coefficient (Wildman–Crippen LogP) is 3.65. The maximum absolute atomic E-state index is 10.9. The molecule has 2 aromatic rings. The molecule has 0 saturated heterocycles. The van der Waals surface area contributed by atoms with E-state index in [1.807, 2.05) is 29.3 Å². The summed E-state index contributed by atoms with van der Waals surface area (Å²) in [6.45, 7) is 0.757. The molecule has 3 rings (SSSR count). The normalized spacial score (nSPS) is 14.1. The van der Waals surface area contributed by atoms with Gasteiger partial charge in [0.2, 0.25) is 0 Å². The third kappa shape index (κ3) is 2.76. The van der Waals surface area contributed by atoms with Gasteiger partial charge in [-0.25, -0.2) is 4.79 Å². The van der Waals surface area contributed by atoms with Crippen LogP contribution in [0.3, 0.4) is 0 Å². The standard InChI is InChI=1S/C16H13ClN2O2/c17-14-4-2-1-3-13(14)15-9-10-19(18-15)12-7-5-11(6-8-12)16(20)21/h1-8H,9-10H2,(H,20,21). The molecule has 0 radical (unpaired) electrons. The molecule has 1 heterocycles. The van der Waals surface area contributed by atoms with Crippen LogP contribution in [-0.4, -0.2) is 23.3 Å². The lowest BCUT2D eigenvalue weighted by Crippen LogP contribution is -2.11. The number of hydrogen-bond acceptors (Lipinski definition) is 3. The number of hydrogen-bond donors (Lipinski definition) is 1. The van der Waals surface area contributed by atoms with E-state index in [4.69, 9.17) is 16.7 Å². The van der Waals surface area contributed by atoms with Gasteiger partial charge in [0.05, 0.1) is 17.0 Å². The van der Waals surface area contributed by atoms with E-state index in [2.05, 4.69) is 5.10 Å². The van der Waals surface area contributed by atoms with Crippen LogP contribution in [0.2, 0.25) is 5.02 Å². The van der Waals surface area contributed by atoms with E-state index in [-0.39, 0.29) is 5.56 Å². The van der Waals surface area contributed by atoms with Gasteiger partial charge in [0, 0.05) is 23.6 Å². The number of rotatable bonds is 3. The molecule has 1 N–H and O–H groups in total. The first-order valence-corrected chi connectivity index (χ1v) is 6.96. The second-order valence-corrected chi connectivity index (χ2v) is 5.16. The summed E-state index contributed by atoms with van der Waals surface area (Å²) in [6, 6.07) is 14.3. The van der Waals surface area contributed by atoms with Crippen LogP contribution in [0.4, 0.5) is 5.69 Å². The molecule has 0 bridgehead atoms. The van der Waals surface area contributed by atoms with Gasteiger partial charge in [-0.15, -0.1) is 0 Å². The highest BCUT2D eigenvalue weighted by molar-refractivity contribution is 6.34. The molecule has 2 aromatic carbocycles. The number of anilines is 1. The Labute approximate surface area is 127 Å². The van der Waals surface area contributed by atoms with Crippen LogP contribution in [0, 0.1) is 0 Å². The molecule has 0 aliphatic carbocycles. The van der Waals surface area contributed by atoms with Gasteiger partial charge in [0.15, 0.2) is 0 Å². The first kappa shape index (κ1) is 13.6. The molecule has 0 unspecified atom stereocenters. The van der Waals surface area contributed by atoms with E-state index >= 15 is 0 Å². The largest absolute Gasteiger partial charge is 0.478 e. The van der Waals surface area contributed by atoms with Crippen molar-refractivity contribution < 1.29 is 9.90 Å². The van der Waals surface area contributed by atoms with Crippen LogP contribution >= 0.6 is 11.6 Å². The van der Waals surface area contributed by atoms with E-state index in [0.717, 1.165) is 29.9 Å². The molecule has 21 heavy (non-hydrogen) atoms. The monoisotopic (exact) mass is 300 g/mol. The second kappa shape index (κ2) is 5.58. The molecule has 4 nitrogen and oxygen atoms in total. The van der Waals surface area contributed by atoms with Gasteiger partial charge in [-0.2, -0.15) is 5.10 Å². The first-order chi connectivity index (χ1) is 10.1. The van der Waals surface area contributed by atoms with Crippen molar-refractivity contribution in [2.45, 2.75) is 6.42 Å². The Morgan fingerprint density at radius 1 is 1.14 bits per heavy atom. The fourth-order valence-electron chi connectivity index (χ4n) is 2.30. The number of benzene rings is 2. The van der Waals surface area contributed by atoms with Gasteiger partial charge in [0.1, 0.15) is 0 Å². The summed E-state index contributed by atoms with van der Waals surface area (Å²) in [5.41, 5.74) is 3.04. The highest BCUT2D eigenvalue weighted by Gasteiger charge is 2.19. The van der Waals surface area contributed by atoms with Crippen molar-refractivity contribution in [1.29, 1.82) is 0 Å². The lowest BCUT2D eigenvalue weighted by atomic mass is 10.1. The Hall–Kier alpha value is -2.33. The highest BCUT2D eigenvalue weighted by Crippen LogP contribution is 2.25. The molecule has 0 aromatic heterocycles. The van der Waals surface area contributed by atoms with Crippen LogP contribution in [-0.2, 0) is 0 Å². The van der Waals surface area contributed by atoms with Gasteiger partial charge < -0.3 is 5.11 Å². The zero-order valence-electron chi connectivity index (χ0n) is 11.2. The van der Waals surface area contributed by atoms with E-state index in [1.165, 1.54) is 0 Å². The highest BCUT2D eigenvalue weighted by atomic mass is 35.5. The molecular formula is C16H13ClN2O2. The number of nitrogens with zero attached hydrogens (tertiary/aromatic N) is 2. The molecular weight excluding hydrogens is 288 g/mol. The summed E-state index contributed by atoms with van der Waals surface area (Å²) in [5.74, 6) is -0.928. The van der Waals surface area contributed by atoms with Crippen LogP contribution in [0.15, 0.2) is 53.6 Å². The average molecular weight is 301 g/mol. The summed E-state index contributed by atoms with van der Waals surface area (Å²) < 4.78 is 0. The third-order valence-corrected chi connectivity index (χ3v) is 3.73. The van der Waals surface area contributed by atoms with Crippen molar-refractivity contribution in [2.75, 3.05) is 11.6 Å². The fraction of sp³-hybridized carbons (Fsp3) is 0.125. The number of aromatic carboxylic acids is 1. The maximum atomic E-state index is 10.9. The van der Waals surface area contributed by atoms with Gasteiger partial charge >= 0.3 is 5.97 Å². The fourth-order valence-corrected chi connectivity index (χ4v) is 2.55. The molecule has 0 spiro atoms. The summed E-state index contributed by atoms with van der Waals surface area (Å²) >= 11 is 6.19. The van der Waals surface area contributed by atoms with Crippen molar-refractivity contribution >= 4 is 29.0 Å². The smallest absolute Gasteiger partial charge is 0.335 e. The van der Waals surface area contributed by atoms with Crippen molar-refractivity contribution in [2.24, 2.45) is 5.10 Å². The molecule has 0 fully saturated rings. The van der Waals surface area contributed by atoms with E-state index in [1.54, 1.807) is 24.3 Å². The molecule has 1 aliphatic heterocycles. The number of carbonyl (C=O) groups is 1. The second-order valence-electron chi connectivity index (χ2n) is 4.75. The van der Waals surface area contributed by atoms with Crippen molar-refractivity contribution in [3.05, 3.63) is 64.7 Å². The third-order valence-electron chi connectivity index (χ3n) is 3.40.